The van der Waals surface area contributed by atoms with Crippen LogP contribution in [0.2, 0.25) is 5.02 Å². The second kappa shape index (κ2) is 10.3. The molecule has 5 heterocycles. The Balaban J connectivity index is 1.14. The number of pyridine rings is 1. The number of rotatable bonds is 6. The van der Waals surface area contributed by atoms with Gasteiger partial charge in [-0.25, -0.2) is 15.0 Å². The van der Waals surface area contributed by atoms with E-state index in [4.69, 9.17) is 16.6 Å². The standard InChI is InChI=1S/C26H31ClN8S/c1-33-8-6-19(7-9-33)30-23-22(27)14-28-26-24(23)31-25(32-26)18-2-4-21(5-3-18)35-12-10-34(11-13-35)15-20-16-36-17-29-20/h2-5,14,16-17,19H,6-13,15H2,1H3,(H2,28,30,31,32). The normalized spacial score (nSPS) is 18.2. The van der Waals surface area contributed by atoms with E-state index in [0.29, 0.717) is 11.1 Å². The molecule has 10 heteroatoms. The average molecular weight is 523 g/mol. The minimum Gasteiger partial charge on any atom is -0.379 e. The molecular weight excluding hydrogens is 492 g/mol. The highest BCUT2D eigenvalue weighted by molar-refractivity contribution is 7.07. The zero-order chi connectivity index (χ0) is 24.5. The van der Waals surface area contributed by atoms with Gasteiger partial charge in [0.2, 0.25) is 0 Å². The molecule has 0 unspecified atom stereocenters. The molecule has 4 aromatic rings. The van der Waals surface area contributed by atoms with Crippen molar-refractivity contribution in [2.75, 3.05) is 56.5 Å². The Hall–Kier alpha value is -2.72. The summed E-state index contributed by atoms with van der Waals surface area (Å²) in [7, 11) is 2.17. The van der Waals surface area contributed by atoms with Crippen LogP contribution in [0.5, 0.6) is 0 Å². The molecule has 2 fully saturated rings. The van der Waals surface area contributed by atoms with E-state index in [9.17, 15) is 0 Å². The van der Waals surface area contributed by atoms with Crippen LogP contribution in [0.15, 0.2) is 41.4 Å². The second-order valence-corrected chi connectivity index (χ2v) is 10.9. The van der Waals surface area contributed by atoms with E-state index in [1.54, 1.807) is 17.5 Å². The molecule has 3 aromatic heterocycles. The van der Waals surface area contributed by atoms with Crippen molar-refractivity contribution in [3.63, 3.8) is 0 Å². The van der Waals surface area contributed by atoms with Crippen molar-refractivity contribution in [1.29, 1.82) is 0 Å². The second-order valence-electron chi connectivity index (χ2n) is 9.78. The summed E-state index contributed by atoms with van der Waals surface area (Å²) in [6, 6.07) is 9.06. The van der Waals surface area contributed by atoms with Gasteiger partial charge in [-0.2, -0.15) is 0 Å². The minimum atomic E-state index is 0.394. The summed E-state index contributed by atoms with van der Waals surface area (Å²) < 4.78 is 0. The first-order chi connectivity index (χ1) is 17.6. The van der Waals surface area contributed by atoms with Gasteiger partial charge in [-0.15, -0.1) is 11.3 Å². The number of thiazole rings is 1. The molecule has 1 aromatic carbocycles. The zero-order valence-corrected chi connectivity index (χ0v) is 22.0. The van der Waals surface area contributed by atoms with Crippen LogP contribution in [0.3, 0.4) is 0 Å². The summed E-state index contributed by atoms with van der Waals surface area (Å²) in [5.74, 6) is 0.811. The largest absolute Gasteiger partial charge is 0.379 e. The average Bonchev–Trinajstić information content (AvgIpc) is 3.58. The lowest BCUT2D eigenvalue weighted by molar-refractivity contribution is 0.247. The highest BCUT2D eigenvalue weighted by Crippen LogP contribution is 2.32. The van der Waals surface area contributed by atoms with Crippen LogP contribution in [-0.4, -0.2) is 82.1 Å². The molecule has 0 atom stereocenters. The molecular formula is C26H31ClN8S. The first-order valence-corrected chi connectivity index (χ1v) is 13.9. The van der Waals surface area contributed by atoms with Crippen LogP contribution in [0.1, 0.15) is 18.5 Å². The van der Waals surface area contributed by atoms with Gasteiger partial charge in [0, 0.05) is 55.4 Å². The number of hydrogen-bond donors (Lipinski definition) is 2. The predicted octanol–water partition coefficient (Wildman–Crippen LogP) is 4.56. The zero-order valence-electron chi connectivity index (χ0n) is 20.5. The number of nitrogens with one attached hydrogen (secondary N) is 2. The van der Waals surface area contributed by atoms with Crippen LogP contribution in [0.25, 0.3) is 22.6 Å². The molecule has 0 aliphatic carbocycles. The lowest BCUT2D eigenvalue weighted by atomic mass is 10.1. The maximum atomic E-state index is 6.56. The molecule has 0 bridgehead atoms. The minimum absolute atomic E-state index is 0.394. The van der Waals surface area contributed by atoms with Crippen LogP contribution >= 0.6 is 22.9 Å². The molecule has 2 N–H and O–H groups in total. The quantitative estimate of drug-likeness (QED) is 0.384. The number of benzene rings is 1. The van der Waals surface area contributed by atoms with Crippen molar-refractivity contribution in [3.05, 3.63) is 52.1 Å². The van der Waals surface area contributed by atoms with Gasteiger partial charge in [-0.05, 0) is 57.2 Å². The highest BCUT2D eigenvalue weighted by atomic mass is 35.5. The number of hydrogen-bond acceptors (Lipinski definition) is 8. The fourth-order valence-corrected chi connectivity index (χ4v) is 5.84. The van der Waals surface area contributed by atoms with Gasteiger partial charge < -0.3 is 20.1 Å². The molecule has 2 aliphatic rings. The van der Waals surface area contributed by atoms with Crippen LogP contribution in [-0.2, 0) is 6.54 Å². The van der Waals surface area contributed by atoms with Crippen LogP contribution in [0.4, 0.5) is 11.4 Å². The van der Waals surface area contributed by atoms with E-state index >= 15 is 0 Å². The van der Waals surface area contributed by atoms with Gasteiger partial charge in [-0.3, -0.25) is 4.90 Å². The molecule has 6 rings (SSSR count). The molecule has 0 radical (unpaired) electrons. The van der Waals surface area contributed by atoms with Crippen molar-refractivity contribution in [3.8, 4) is 11.4 Å². The number of piperazine rings is 1. The van der Waals surface area contributed by atoms with Crippen molar-refractivity contribution >= 4 is 45.5 Å². The van der Waals surface area contributed by atoms with Crippen molar-refractivity contribution in [2.45, 2.75) is 25.4 Å². The first kappa shape index (κ1) is 23.7. The molecule has 188 valence electrons. The fourth-order valence-electron chi connectivity index (χ4n) is 5.10. The molecule has 2 aliphatic heterocycles. The smallest absolute Gasteiger partial charge is 0.159 e. The predicted molar refractivity (Wildman–Crippen MR) is 148 cm³/mol. The van der Waals surface area contributed by atoms with E-state index in [2.05, 4.69) is 71.7 Å². The topological polar surface area (TPSA) is 76.2 Å². The fraction of sp³-hybridized carbons (Fsp3) is 0.423. The number of likely N-dealkylation sites (tertiary alicyclic amines) is 1. The number of piperidine rings is 1. The van der Waals surface area contributed by atoms with Crippen molar-refractivity contribution in [1.82, 2.24) is 29.7 Å². The molecule has 8 nitrogen and oxygen atoms in total. The maximum Gasteiger partial charge on any atom is 0.159 e. The Bertz CT molecular complexity index is 1290. The number of fused-ring (bicyclic) bond motifs is 1. The highest BCUT2D eigenvalue weighted by Gasteiger charge is 2.21. The van der Waals surface area contributed by atoms with Gasteiger partial charge in [0.1, 0.15) is 11.3 Å². The lowest BCUT2D eigenvalue weighted by Crippen LogP contribution is -2.46. The summed E-state index contributed by atoms with van der Waals surface area (Å²) in [6.45, 7) is 7.23. The Morgan fingerprint density at radius 2 is 1.83 bits per heavy atom. The third-order valence-corrected chi connectivity index (χ3v) is 8.20. The molecule has 0 amide bonds. The SMILES string of the molecule is CN1CCC(Nc2c(Cl)cnc3[nH]c(-c4ccc(N5CCN(Cc6cscn6)CC5)cc4)nc23)CC1. The number of nitrogens with zero attached hydrogens (tertiary/aromatic N) is 6. The molecule has 0 spiro atoms. The summed E-state index contributed by atoms with van der Waals surface area (Å²) >= 11 is 8.23. The van der Waals surface area contributed by atoms with E-state index < -0.39 is 0 Å². The number of aromatic nitrogens is 4. The monoisotopic (exact) mass is 522 g/mol. The Morgan fingerprint density at radius 3 is 2.56 bits per heavy atom. The molecule has 36 heavy (non-hydrogen) atoms. The maximum absolute atomic E-state index is 6.56. The van der Waals surface area contributed by atoms with Crippen LogP contribution < -0.4 is 10.2 Å². The third-order valence-electron chi connectivity index (χ3n) is 7.28. The Kier molecular flexibility index (Phi) is 6.79. The van der Waals surface area contributed by atoms with Crippen LogP contribution in [0, 0.1) is 0 Å². The Morgan fingerprint density at radius 1 is 1.06 bits per heavy atom. The van der Waals surface area contributed by atoms with E-state index in [1.165, 1.54) is 11.4 Å². The number of imidazole rings is 1. The molecule has 2 saturated heterocycles. The first-order valence-electron chi connectivity index (χ1n) is 12.6. The summed E-state index contributed by atoms with van der Waals surface area (Å²) in [5.41, 5.74) is 7.80. The number of aromatic amines is 1. The number of anilines is 2. The van der Waals surface area contributed by atoms with Gasteiger partial charge in [0.05, 0.1) is 28.1 Å². The van der Waals surface area contributed by atoms with Gasteiger partial charge >= 0.3 is 0 Å². The van der Waals surface area contributed by atoms with E-state index in [1.807, 2.05) is 5.51 Å². The summed E-state index contributed by atoms with van der Waals surface area (Å²) in [4.78, 5) is 24.5. The third kappa shape index (κ3) is 5.06. The van der Waals surface area contributed by atoms with E-state index in [0.717, 1.165) is 86.9 Å². The van der Waals surface area contributed by atoms with Gasteiger partial charge in [-0.1, -0.05) is 11.6 Å². The summed E-state index contributed by atoms with van der Waals surface area (Å²) in [6.07, 6.45) is 3.89. The Labute approximate surface area is 220 Å². The number of halogens is 1. The number of H-pyrrole nitrogens is 1. The summed E-state index contributed by atoms with van der Waals surface area (Å²) in [5, 5.41) is 6.41. The van der Waals surface area contributed by atoms with Crippen molar-refractivity contribution < 1.29 is 0 Å². The van der Waals surface area contributed by atoms with Gasteiger partial charge in [0.25, 0.3) is 0 Å². The molecule has 0 saturated carbocycles. The van der Waals surface area contributed by atoms with E-state index in [-0.39, 0.29) is 0 Å². The van der Waals surface area contributed by atoms with Crippen molar-refractivity contribution in [2.24, 2.45) is 0 Å². The lowest BCUT2D eigenvalue weighted by Gasteiger charge is -2.35. The van der Waals surface area contributed by atoms with Gasteiger partial charge in [0.15, 0.2) is 5.65 Å².